The Bertz CT molecular complexity index is 459. The number of rotatable bonds is 8. The summed E-state index contributed by atoms with van der Waals surface area (Å²) in [6, 6.07) is 9.50. The lowest BCUT2D eigenvalue weighted by atomic mass is 10.0. The molecule has 0 radical (unpaired) electrons. The fourth-order valence-electron chi connectivity index (χ4n) is 2.03. The van der Waals surface area contributed by atoms with Crippen LogP contribution < -0.4 is 5.32 Å². The molecule has 0 aliphatic carbocycles. The molecule has 5 heteroatoms. The summed E-state index contributed by atoms with van der Waals surface area (Å²) < 4.78 is 29.4. The largest absolute Gasteiger partial charge is 0.384 e. The van der Waals surface area contributed by atoms with Gasteiger partial charge in [-0.3, -0.25) is 0 Å². The summed E-state index contributed by atoms with van der Waals surface area (Å²) in [5.74, 6) is 0.0550. The van der Waals surface area contributed by atoms with Crippen molar-refractivity contribution in [2.75, 3.05) is 26.0 Å². The standard InChI is InChI=1S/C14H23NO3S/c1-4-15-14(13-8-6-5-7-9-13)12(2)19(16,17)11-10-18-3/h5-9,12,14-15H,4,10-11H2,1-3H3. The number of nitrogens with one attached hydrogen (secondary N) is 1. The summed E-state index contributed by atoms with van der Waals surface area (Å²) in [5.41, 5.74) is 0.998. The third kappa shape index (κ3) is 4.60. The van der Waals surface area contributed by atoms with Gasteiger partial charge in [-0.15, -0.1) is 0 Å². The van der Waals surface area contributed by atoms with E-state index in [-0.39, 0.29) is 18.4 Å². The highest BCUT2D eigenvalue weighted by molar-refractivity contribution is 7.92. The fraction of sp³-hybridized carbons (Fsp3) is 0.571. The highest BCUT2D eigenvalue weighted by atomic mass is 32.2. The van der Waals surface area contributed by atoms with Crippen molar-refractivity contribution in [3.63, 3.8) is 0 Å². The number of hydrogen-bond acceptors (Lipinski definition) is 4. The summed E-state index contributed by atoms with van der Waals surface area (Å²) >= 11 is 0. The lowest BCUT2D eigenvalue weighted by molar-refractivity contribution is 0.216. The Morgan fingerprint density at radius 3 is 2.42 bits per heavy atom. The average Bonchev–Trinajstić information content (AvgIpc) is 2.43. The van der Waals surface area contributed by atoms with Crippen LogP contribution in [0, 0.1) is 0 Å². The van der Waals surface area contributed by atoms with E-state index in [0.29, 0.717) is 0 Å². The molecule has 0 aliphatic rings. The van der Waals surface area contributed by atoms with Gasteiger partial charge in [0.25, 0.3) is 0 Å². The maximum Gasteiger partial charge on any atom is 0.157 e. The summed E-state index contributed by atoms with van der Waals surface area (Å²) in [5, 5.41) is 2.78. The summed E-state index contributed by atoms with van der Waals surface area (Å²) in [7, 11) is -1.67. The van der Waals surface area contributed by atoms with E-state index in [0.717, 1.165) is 12.1 Å². The van der Waals surface area contributed by atoms with Crippen LogP contribution in [0.4, 0.5) is 0 Å². The second-order valence-electron chi connectivity index (χ2n) is 4.51. The zero-order valence-electron chi connectivity index (χ0n) is 11.8. The van der Waals surface area contributed by atoms with E-state index in [9.17, 15) is 8.42 Å². The molecule has 0 saturated carbocycles. The molecule has 2 unspecified atom stereocenters. The Hall–Kier alpha value is -0.910. The Balaban J connectivity index is 2.93. The highest BCUT2D eigenvalue weighted by Crippen LogP contribution is 2.22. The van der Waals surface area contributed by atoms with Gasteiger partial charge in [-0.05, 0) is 19.0 Å². The molecule has 1 rings (SSSR count). The van der Waals surface area contributed by atoms with Crippen LogP contribution in [0.1, 0.15) is 25.5 Å². The number of sulfone groups is 1. The van der Waals surface area contributed by atoms with E-state index in [2.05, 4.69) is 5.32 Å². The Kier molecular flexibility index (Phi) is 6.48. The normalized spacial score (nSPS) is 15.1. The van der Waals surface area contributed by atoms with Crippen molar-refractivity contribution in [3.8, 4) is 0 Å². The van der Waals surface area contributed by atoms with Crippen LogP contribution >= 0.6 is 0 Å². The van der Waals surface area contributed by atoms with Gasteiger partial charge in [0, 0.05) is 13.2 Å². The first-order valence-electron chi connectivity index (χ1n) is 6.51. The molecule has 0 heterocycles. The van der Waals surface area contributed by atoms with Crippen LogP contribution in [-0.2, 0) is 14.6 Å². The van der Waals surface area contributed by atoms with Crippen LogP contribution in [-0.4, -0.2) is 39.7 Å². The molecule has 1 aromatic rings. The maximum atomic E-state index is 12.3. The van der Waals surface area contributed by atoms with Gasteiger partial charge in [0.05, 0.1) is 17.6 Å². The average molecular weight is 285 g/mol. The van der Waals surface area contributed by atoms with Crippen molar-refractivity contribution in [2.24, 2.45) is 0 Å². The number of benzene rings is 1. The van der Waals surface area contributed by atoms with Gasteiger partial charge in [0.2, 0.25) is 0 Å². The molecular weight excluding hydrogens is 262 g/mol. The van der Waals surface area contributed by atoms with E-state index < -0.39 is 15.1 Å². The third-order valence-electron chi connectivity index (χ3n) is 3.19. The van der Waals surface area contributed by atoms with E-state index in [1.54, 1.807) is 6.92 Å². The molecule has 0 saturated heterocycles. The smallest absolute Gasteiger partial charge is 0.157 e. The van der Waals surface area contributed by atoms with Gasteiger partial charge in [-0.1, -0.05) is 37.3 Å². The predicted octanol–water partition coefficient (Wildman–Crippen LogP) is 1.79. The lowest BCUT2D eigenvalue weighted by Crippen LogP contribution is -2.37. The van der Waals surface area contributed by atoms with Gasteiger partial charge in [-0.25, -0.2) is 8.42 Å². The van der Waals surface area contributed by atoms with Gasteiger partial charge in [-0.2, -0.15) is 0 Å². The molecule has 0 spiro atoms. The maximum absolute atomic E-state index is 12.3. The Morgan fingerprint density at radius 2 is 1.89 bits per heavy atom. The molecule has 108 valence electrons. The van der Waals surface area contributed by atoms with Crippen molar-refractivity contribution < 1.29 is 13.2 Å². The van der Waals surface area contributed by atoms with Crippen LogP contribution in [0.2, 0.25) is 0 Å². The van der Waals surface area contributed by atoms with Gasteiger partial charge >= 0.3 is 0 Å². The minimum Gasteiger partial charge on any atom is -0.384 e. The molecule has 4 nitrogen and oxygen atoms in total. The minimum atomic E-state index is -3.18. The van der Waals surface area contributed by atoms with Crippen LogP contribution in [0.25, 0.3) is 0 Å². The van der Waals surface area contributed by atoms with Crippen LogP contribution in [0.5, 0.6) is 0 Å². The van der Waals surface area contributed by atoms with Crippen LogP contribution in [0.3, 0.4) is 0 Å². The topological polar surface area (TPSA) is 55.4 Å². The predicted molar refractivity (Wildman–Crippen MR) is 78.0 cm³/mol. The van der Waals surface area contributed by atoms with Gasteiger partial charge in [0.15, 0.2) is 9.84 Å². The molecule has 1 aromatic carbocycles. The van der Waals surface area contributed by atoms with Crippen LogP contribution in [0.15, 0.2) is 30.3 Å². The summed E-state index contributed by atoms with van der Waals surface area (Å²) in [6.45, 7) is 4.69. The van der Waals surface area contributed by atoms with E-state index >= 15 is 0 Å². The second kappa shape index (κ2) is 7.62. The molecule has 2 atom stereocenters. The number of ether oxygens (including phenoxy) is 1. The number of hydrogen-bond donors (Lipinski definition) is 1. The summed E-state index contributed by atoms with van der Waals surface area (Å²) in [6.07, 6.45) is 0. The number of methoxy groups -OCH3 is 1. The van der Waals surface area contributed by atoms with E-state index in [1.807, 2.05) is 37.3 Å². The first kappa shape index (κ1) is 16.1. The first-order chi connectivity index (χ1) is 9.03. The molecular formula is C14H23NO3S. The molecule has 0 bridgehead atoms. The third-order valence-corrected chi connectivity index (χ3v) is 5.33. The molecule has 0 aromatic heterocycles. The SMILES string of the molecule is CCNC(c1ccccc1)C(C)S(=O)(=O)CCOC. The minimum absolute atomic E-state index is 0.0550. The van der Waals surface area contributed by atoms with Gasteiger partial charge < -0.3 is 10.1 Å². The molecule has 0 amide bonds. The Labute approximate surface area is 116 Å². The monoisotopic (exact) mass is 285 g/mol. The van der Waals surface area contributed by atoms with Crippen molar-refractivity contribution >= 4 is 9.84 Å². The molecule has 0 aliphatic heterocycles. The first-order valence-corrected chi connectivity index (χ1v) is 8.23. The Morgan fingerprint density at radius 1 is 1.26 bits per heavy atom. The molecule has 19 heavy (non-hydrogen) atoms. The van der Waals surface area contributed by atoms with Crippen molar-refractivity contribution in [1.82, 2.24) is 5.32 Å². The van der Waals surface area contributed by atoms with Gasteiger partial charge in [0.1, 0.15) is 0 Å². The van der Waals surface area contributed by atoms with Crippen molar-refractivity contribution in [2.45, 2.75) is 25.1 Å². The highest BCUT2D eigenvalue weighted by Gasteiger charge is 2.29. The quantitative estimate of drug-likeness (QED) is 0.791. The lowest BCUT2D eigenvalue weighted by Gasteiger charge is -2.25. The van der Waals surface area contributed by atoms with Crippen molar-refractivity contribution in [3.05, 3.63) is 35.9 Å². The fourth-order valence-corrected chi connectivity index (χ4v) is 3.47. The zero-order chi connectivity index (χ0) is 14.3. The zero-order valence-corrected chi connectivity index (χ0v) is 12.6. The summed E-state index contributed by atoms with van der Waals surface area (Å²) in [4.78, 5) is 0. The molecule has 1 N–H and O–H groups in total. The second-order valence-corrected chi connectivity index (χ2v) is 6.99. The van der Waals surface area contributed by atoms with E-state index in [1.165, 1.54) is 7.11 Å². The van der Waals surface area contributed by atoms with Crippen molar-refractivity contribution in [1.29, 1.82) is 0 Å². The van der Waals surface area contributed by atoms with E-state index in [4.69, 9.17) is 4.74 Å². The molecule has 0 fully saturated rings.